The van der Waals surface area contributed by atoms with Gasteiger partial charge in [-0.2, -0.15) is 5.10 Å². The molecule has 3 amide bonds. The van der Waals surface area contributed by atoms with Gasteiger partial charge in [-0.25, -0.2) is 27.7 Å². The van der Waals surface area contributed by atoms with Crippen LogP contribution in [0.1, 0.15) is 84.5 Å². The van der Waals surface area contributed by atoms with Crippen LogP contribution in [0, 0.1) is 0 Å². The SMILES string of the molecule is COC[C@H](c1cnn2cc([C@H](C[C@@H](C)OC3CC3)NC(=O)c3nonc3C3CC3)nc2c1)N1CC(F)(F)CNC1=O. The second-order valence-electron chi connectivity index (χ2n) is 11.1. The van der Waals surface area contributed by atoms with Gasteiger partial charge in [-0.15, -0.1) is 0 Å². The van der Waals surface area contributed by atoms with Crippen molar-refractivity contribution in [3.8, 4) is 0 Å². The largest absolute Gasteiger partial charge is 0.382 e. The second-order valence-corrected chi connectivity index (χ2v) is 11.1. The van der Waals surface area contributed by atoms with E-state index in [0.29, 0.717) is 29.0 Å². The molecular formula is C26H32F2N8O5. The topological polar surface area (TPSA) is 149 Å². The molecule has 0 aromatic carbocycles. The van der Waals surface area contributed by atoms with E-state index >= 15 is 0 Å². The van der Waals surface area contributed by atoms with Gasteiger partial charge in [-0.1, -0.05) is 5.16 Å². The summed E-state index contributed by atoms with van der Waals surface area (Å²) in [4.78, 5) is 31.5. The standard InChI is InChI=1S/C26H32F2N8O5/c1-14(40-17-5-6-17)7-18(32-24(37)23-22(15-3-4-15)33-41-34-23)19-10-36-21(31-19)8-16(9-30-36)20(11-39-2)35-13-26(27,28)12-29-25(35)38/h8-10,14-15,17-18,20H,3-7,11-13H2,1-2H3,(H,29,38)(H,32,37)/t14-,18+,20-/m1/s1. The average molecular weight is 575 g/mol. The summed E-state index contributed by atoms with van der Waals surface area (Å²) < 4.78 is 46.0. The predicted molar refractivity (Wildman–Crippen MR) is 137 cm³/mol. The molecule has 3 aliphatic rings. The van der Waals surface area contributed by atoms with Gasteiger partial charge in [0.2, 0.25) is 0 Å². The van der Waals surface area contributed by atoms with Crippen LogP contribution in [-0.4, -0.2) is 86.7 Å². The van der Waals surface area contributed by atoms with Gasteiger partial charge in [0.15, 0.2) is 11.3 Å². The molecule has 220 valence electrons. The molecule has 3 fully saturated rings. The van der Waals surface area contributed by atoms with Gasteiger partial charge >= 0.3 is 6.03 Å². The van der Waals surface area contributed by atoms with E-state index in [4.69, 9.17) is 19.1 Å². The van der Waals surface area contributed by atoms with E-state index in [9.17, 15) is 18.4 Å². The average Bonchev–Trinajstić information content (AvgIpc) is 3.86. The van der Waals surface area contributed by atoms with Gasteiger partial charge in [0.05, 0.1) is 62.1 Å². The molecule has 3 aromatic heterocycles. The van der Waals surface area contributed by atoms with Gasteiger partial charge in [-0.3, -0.25) is 4.79 Å². The van der Waals surface area contributed by atoms with Gasteiger partial charge in [-0.05, 0) is 50.3 Å². The Morgan fingerprint density at radius 3 is 2.83 bits per heavy atom. The molecule has 41 heavy (non-hydrogen) atoms. The monoisotopic (exact) mass is 574 g/mol. The number of hydrogen-bond donors (Lipinski definition) is 2. The molecule has 0 spiro atoms. The van der Waals surface area contributed by atoms with Crippen LogP contribution in [0.3, 0.4) is 0 Å². The summed E-state index contributed by atoms with van der Waals surface area (Å²) in [5.74, 6) is -3.32. The summed E-state index contributed by atoms with van der Waals surface area (Å²) in [6.07, 6.45) is 7.61. The number of hydrogen-bond acceptors (Lipinski definition) is 9. The fourth-order valence-electron chi connectivity index (χ4n) is 5.10. The molecule has 3 aromatic rings. The summed E-state index contributed by atoms with van der Waals surface area (Å²) in [7, 11) is 1.43. The third kappa shape index (κ3) is 6.15. The lowest BCUT2D eigenvalue weighted by Crippen LogP contribution is -2.58. The molecule has 6 rings (SSSR count). The zero-order valence-electron chi connectivity index (χ0n) is 22.8. The molecule has 0 bridgehead atoms. The van der Waals surface area contributed by atoms with Crippen LogP contribution in [0.2, 0.25) is 0 Å². The van der Waals surface area contributed by atoms with Crippen LogP contribution in [0.25, 0.3) is 5.65 Å². The Labute approximate surface area is 233 Å². The first-order valence-electron chi connectivity index (χ1n) is 13.8. The summed E-state index contributed by atoms with van der Waals surface area (Å²) >= 11 is 0. The minimum absolute atomic E-state index is 0.0152. The molecule has 2 aliphatic carbocycles. The summed E-state index contributed by atoms with van der Waals surface area (Å²) in [6.45, 7) is 0.473. The highest BCUT2D eigenvalue weighted by molar-refractivity contribution is 5.93. The van der Waals surface area contributed by atoms with Crippen molar-refractivity contribution in [3.05, 3.63) is 41.1 Å². The fourth-order valence-corrected chi connectivity index (χ4v) is 5.10. The number of urea groups is 1. The third-order valence-corrected chi connectivity index (χ3v) is 7.48. The van der Waals surface area contributed by atoms with Crippen molar-refractivity contribution < 1.29 is 32.5 Å². The zero-order chi connectivity index (χ0) is 28.7. The first-order chi connectivity index (χ1) is 19.7. The number of nitrogens with one attached hydrogen (secondary N) is 2. The minimum atomic E-state index is -3.08. The number of alkyl halides is 2. The van der Waals surface area contributed by atoms with Crippen molar-refractivity contribution in [3.63, 3.8) is 0 Å². The van der Waals surface area contributed by atoms with Crippen LogP contribution < -0.4 is 10.6 Å². The maximum Gasteiger partial charge on any atom is 0.318 e. The van der Waals surface area contributed by atoms with E-state index in [1.54, 1.807) is 12.3 Å². The molecule has 3 atom stereocenters. The lowest BCUT2D eigenvalue weighted by atomic mass is 10.1. The van der Waals surface area contributed by atoms with Crippen molar-refractivity contribution >= 4 is 17.6 Å². The third-order valence-electron chi connectivity index (χ3n) is 7.48. The Kier molecular flexibility index (Phi) is 7.32. The van der Waals surface area contributed by atoms with Crippen LogP contribution in [-0.2, 0) is 9.47 Å². The van der Waals surface area contributed by atoms with E-state index in [0.717, 1.165) is 30.6 Å². The molecule has 0 radical (unpaired) electrons. The number of fused-ring (bicyclic) bond motifs is 1. The summed E-state index contributed by atoms with van der Waals surface area (Å²) in [6, 6.07) is -0.295. The molecule has 4 heterocycles. The maximum atomic E-state index is 14.2. The number of methoxy groups -OCH3 is 1. The predicted octanol–water partition coefficient (Wildman–Crippen LogP) is 2.77. The molecule has 13 nitrogen and oxygen atoms in total. The number of carbonyl (C=O) groups is 2. The number of nitrogens with zero attached hydrogens (tertiary/aromatic N) is 6. The molecule has 0 unspecified atom stereocenters. The fraction of sp³-hybridized carbons (Fsp3) is 0.615. The Bertz CT molecular complexity index is 1420. The second kappa shape index (κ2) is 10.9. The normalized spacial score (nSPS) is 21.0. The lowest BCUT2D eigenvalue weighted by Gasteiger charge is -2.38. The van der Waals surface area contributed by atoms with Crippen LogP contribution in [0.5, 0.6) is 0 Å². The number of imidazole rings is 1. The Hall–Kier alpha value is -3.72. The van der Waals surface area contributed by atoms with Gasteiger partial charge in [0, 0.05) is 18.6 Å². The molecule has 1 aliphatic heterocycles. The lowest BCUT2D eigenvalue weighted by molar-refractivity contribution is -0.0509. The first-order valence-corrected chi connectivity index (χ1v) is 13.8. The quantitative estimate of drug-likeness (QED) is 0.333. The van der Waals surface area contributed by atoms with E-state index in [1.807, 2.05) is 6.92 Å². The Morgan fingerprint density at radius 1 is 1.29 bits per heavy atom. The van der Waals surface area contributed by atoms with Gasteiger partial charge in [0.25, 0.3) is 11.8 Å². The molecular weight excluding hydrogens is 542 g/mol. The van der Waals surface area contributed by atoms with Crippen molar-refractivity contribution in [2.45, 2.75) is 75.2 Å². The first kappa shape index (κ1) is 27.4. The molecule has 15 heteroatoms. The molecule has 2 saturated carbocycles. The number of rotatable bonds is 12. The van der Waals surface area contributed by atoms with Crippen LogP contribution in [0.4, 0.5) is 13.6 Å². The van der Waals surface area contributed by atoms with Gasteiger partial charge in [0.1, 0.15) is 5.69 Å². The Morgan fingerprint density at radius 2 is 2.10 bits per heavy atom. The number of aromatic nitrogens is 5. The Balaban J connectivity index is 1.27. The molecule has 2 N–H and O–H groups in total. The molecule has 1 saturated heterocycles. The highest BCUT2D eigenvalue weighted by atomic mass is 19.3. The van der Waals surface area contributed by atoms with Crippen molar-refractivity contribution in [1.82, 2.24) is 40.4 Å². The minimum Gasteiger partial charge on any atom is -0.382 e. The highest BCUT2D eigenvalue weighted by Crippen LogP contribution is 2.40. The maximum absolute atomic E-state index is 14.2. The number of ether oxygens (including phenoxy) is 2. The number of halogens is 2. The zero-order valence-corrected chi connectivity index (χ0v) is 22.8. The van der Waals surface area contributed by atoms with Gasteiger partial charge < -0.3 is 25.0 Å². The van der Waals surface area contributed by atoms with Crippen molar-refractivity contribution in [2.75, 3.05) is 26.8 Å². The smallest absolute Gasteiger partial charge is 0.318 e. The number of amides is 3. The van der Waals surface area contributed by atoms with Crippen LogP contribution in [0.15, 0.2) is 23.1 Å². The van der Waals surface area contributed by atoms with E-state index in [1.165, 1.54) is 17.8 Å². The van der Waals surface area contributed by atoms with Crippen molar-refractivity contribution in [2.24, 2.45) is 0 Å². The summed E-state index contributed by atoms with van der Waals surface area (Å²) in [5, 5.41) is 17.5. The highest BCUT2D eigenvalue weighted by Gasteiger charge is 2.42. The van der Waals surface area contributed by atoms with E-state index in [2.05, 4.69) is 26.0 Å². The van der Waals surface area contributed by atoms with E-state index in [-0.39, 0.29) is 30.4 Å². The summed E-state index contributed by atoms with van der Waals surface area (Å²) in [5.41, 5.74) is 2.15. The van der Waals surface area contributed by atoms with E-state index < -0.39 is 43.0 Å². The van der Waals surface area contributed by atoms with Crippen LogP contribution >= 0.6 is 0 Å². The number of carbonyl (C=O) groups excluding carboxylic acids is 2. The van der Waals surface area contributed by atoms with Crippen molar-refractivity contribution in [1.29, 1.82) is 0 Å².